The van der Waals surface area contributed by atoms with Crippen LogP contribution in [0.15, 0.2) is 30.3 Å². The van der Waals surface area contributed by atoms with Crippen molar-refractivity contribution < 1.29 is 27.8 Å². The molecule has 1 aromatic rings. The molecule has 0 spiro atoms. The highest BCUT2D eigenvalue weighted by Gasteiger charge is 2.52. The minimum atomic E-state index is -3.19. The molecule has 1 aromatic carbocycles. The molecule has 1 saturated carbocycles. The lowest BCUT2D eigenvalue weighted by atomic mass is 10.1. The molecule has 0 unspecified atom stereocenters. The first-order chi connectivity index (χ1) is 11.6. The molecule has 0 aliphatic heterocycles. The molecule has 25 heavy (non-hydrogen) atoms. The summed E-state index contributed by atoms with van der Waals surface area (Å²) < 4.78 is 38.3. The fourth-order valence-corrected chi connectivity index (χ4v) is 2.65. The van der Waals surface area contributed by atoms with Gasteiger partial charge in [0.1, 0.15) is 12.2 Å². The van der Waals surface area contributed by atoms with Crippen molar-refractivity contribution in [3.63, 3.8) is 0 Å². The number of amides is 1. The SMILES string of the molecule is CC(C)(C)OC(=O)N[C@H]1C[C@H](C(=O)OCc2ccccc2)CC1(F)F. The third-order valence-corrected chi connectivity index (χ3v) is 3.80. The third-order valence-electron chi connectivity index (χ3n) is 3.80. The summed E-state index contributed by atoms with van der Waals surface area (Å²) in [5, 5.41) is 2.17. The van der Waals surface area contributed by atoms with Gasteiger partial charge in [0.2, 0.25) is 0 Å². The van der Waals surface area contributed by atoms with E-state index in [1.54, 1.807) is 45.0 Å². The minimum absolute atomic E-state index is 0.0336. The van der Waals surface area contributed by atoms with Gasteiger partial charge in [-0.1, -0.05) is 30.3 Å². The summed E-state index contributed by atoms with van der Waals surface area (Å²) in [6.07, 6.45) is -1.75. The van der Waals surface area contributed by atoms with E-state index in [9.17, 15) is 18.4 Å². The smallest absolute Gasteiger partial charge is 0.408 e. The van der Waals surface area contributed by atoms with Crippen LogP contribution in [0.2, 0.25) is 0 Å². The molecule has 138 valence electrons. The molecule has 1 aliphatic rings. The predicted octanol–water partition coefficient (Wildman–Crippen LogP) is 3.67. The van der Waals surface area contributed by atoms with Crippen molar-refractivity contribution >= 4 is 12.1 Å². The highest BCUT2D eigenvalue weighted by Crippen LogP contribution is 2.40. The van der Waals surface area contributed by atoms with Gasteiger partial charge in [-0.2, -0.15) is 0 Å². The molecule has 0 bridgehead atoms. The Kier molecular flexibility index (Phi) is 5.65. The first-order valence-corrected chi connectivity index (χ1v) is 8.15. The molecule has 5 nitrogen and oxygen atoms in total. The summed E-state index contributed by atoms with van der Waals surface area (Å²) >= 11 is 0. The van der Waals surface area contributed by atoms with Gasteiger partial charge >= 0.3 is 12.1 Å². The fourth-order valence-electron chi connectivity index (χ4n) is 2.65. The number of ether oxygens (including phenoxy) is 2. The zero-order valence-corrected chi connectivity index (χ0v) is 14.6. The van der Waals surface area contributed by atoms with Crippen molar-refractivity contribution in [1.29, 1.82) is 0 Å². The number of alkyl halides is 2. The van der Waals surface area contributed by atoms with Gasteiger partial charge in [-0.15, -0.1) is 0 Å². The summed E-state index contributed by atoms with van der Waals surface area (Å²) in [5.74, 6) is -4.83. The Morgan fingerprint density at radius 3 is 2.48 bits per heavy atom. The van der Waals surface area contributed by atoms with Gasteiger partial charge in [0.15, 0.2) is 0 Å². The van der Waals surface area contributed by atoms with Crippen molar-refractivity contribution in [2.24, 2.45) is 5.92 Å². The largest absolute Gasteiger partial charge is 0.461 e. The number of hydrogen-bond donors (Lipinski definition) is 1. The molecule has 2 atom stereocenters. The monoisotopic (exact) mass is 355 g/mol. The standard InChI is InChI=1S/C18H23F2NO4/c1-17(2,3)25-16(23)21-14-9-13(10-18(14,19)20)15(22)24-11-12-7-5-4-6-8-12/h4-8,13-14H,9-11H2,1-3H3,(H,21,23)/t13-,14-/m0/s1. The van der Waals surface area contributed by atoms with E-state index in [4.69, 9.17) is 9.47 Å². The van der Waals surface area contributed by atoms with Gasteiger partial charge in [-0.25, -0.2) is 13.6 Å². The van der Waals surface area contributed by atoms with Crippen LogP contribution in [-0.4, -0.2) is 29.6 Å². The Morgan fingerprint density at radius 1 is 1.24 bits per heavy atom. The van der Waals surface area contributed by atoms with Gasteiger partial charge < -0.3 is 14.8 Å². The number of rotatable bonds is 4. The molecule has 7 heteroatoms. The Hall–Kier alpha value is -2.18. The van der Waals surface area contributed by atoms with E-state index in [0.717, 1.165) is 5.56 Å². The normalized spacial score (nSPS) is 22.3. The molecule has 2 rings (SSSR count). The molecule has 1 amide bonds. The lowest BCUT2D eigenvalue weighted by Crippen LogP contribution is -2.45. The highest BCUT2D eigenvalue weighted by molar-refractivity contribution is 5.74. The second kappa shape index (κ2) is 7.37. The van der Waals surface area contributed by atoms with Gasteiger partial charge in [-0.3, -0.25) is 4.79 Å². The average molecular weight is 355 g/mol. The quantitative estimate of drug-likeness (QED) is 0.837. The average Bonchev–Trinajstić information content (AvgIpc) is 2.79. The fraction of sp³-hybridized carbons (Fsp3) is 0.556. The number of alkyl carbamates (subject to hydrolysis) is 1. The van der Waals surface area contributed by atoms with Gasteiger partial charge in [0, 0.05) is 6.42 Å². The van der Waals surface area contributed by atoms with Crippen LogP contribution >= 0.6 is 0 Å². The first kappa shape index (κ1) is 19.1. The summed E-state index contributed by atoms with van der Waals surface area (Å²) in [4.78, 5) is 23.8. The van der Waals surface area contributed by atoms with Crippen molar-refractivity contribution in [3.8, 4) is 0 Å². The molecule has 0 saturated heterocycles. The number of benzene rings is 1. The van der Waals surface area contributed by atoms with Crippen LogP contribution in [0.1, 0.15) is 39.2 Å². The lowest BCUT2D eigenvalue weighted by molar-refractivity contribution is -0.150. The van der Waals surface area contributed by atoms with E-state index >= 15 is 0 Å². The van der Waals surface area contributed by atoms with E-state index < -0.39 is 42.0 Å². The molecular formula is C18H23F2NO4. The second-order valence-electron chi connectivity index (χ2n) is 7.19. The van der Waals surface area contributed by atoms with E-state index in [0.29, 0.717) is 0 Å². The van der Waals surface area contributed by atoms with Crippen LogP contribution in [0.3, 0.4) is 0 Å². The molecule has 0 heterocycles. The van der Waals surface area contributed by atoms with Crippen LogP contribution in [-0.2, 0) is 20.9 Å². The summed E-state index contributed by atoms with van der Waals surface area (Å²) in [6, 6.07) is 7.54. The molecule has 1 N–H and O–H groups in total. The Balaban J connectivity index is 1.89. The molecule has 1 aliphatic carbocycles. The van der Waals surface area contributed by atoms with Crippen LogP contribution in [0.4, 0.5) is 13.6 Å². The maximum absolute atomic E-state index is 14.1. The highest BCUT2D eigenvalue weighted by atomic mass is 19.3. The maximum Gasteiger partial charge on any atom is 0.408 e. The number of esters is 1. The molecular weight excluding hydrogens is 332 g/mol. The number of carbonyl (C=O) groups is 2. The number of carbonyl (C=O) groups excluding carboxylic acids is 2. The van der Waals surface area contributed by atoms with Crippen LogP contribution < -0.4 is 5.32 Å². The summed E-state index contributed by atoms with van der Waals surface area (Å²) in [7, 11) is 0. The Bertz CT molecular complexity index is 613. The van der Waals surface area contributed by atoms with Crippen molar-refractivity contribution in [3.05, 3.63) is 35.9 Å². The second-order valence-corrected chi connectivity index (χ2v) is 7.19. The molecule has 0 radical (unpaired) electrons. The van der Waals surface area contributed by atoms with Crippen molar-refractivity contribution in [2.75, 3.05) is 0 Å². The minimum Gasteiger partial charge on any atom is -0.461 e. The van der Waals surface area contributed by atoms with Crippen LogP contribution in [0.5, 0.6) is 0 Å². The first-order valence-electron chi connectivity index (χ1n) is 8.15. The zero-order chi connectivity index (χ0) is 18.7. The summed E-state index contributed by atoms with van der Waals surface area (Å²) in [5.41, 5.74) is -0.00421. The van der Waals surface area contributed by atoms with Crippen LogP contribution in [0, 0.1) is 5.92 Å². The topological polar surface area (TPSA) is 64.6 Å². The van der Waals surface area contributed by atoms with E-state index in [2.05, 4.69) is 5.32 Å². The maximum atomic E-state index is 14.1. The van der Waals surface area contributed by atoms with E-state index in [1.165, 1.54) is 0 Å². The van der Waals surface area contributed by atoms with Gasteiger partial charge in [0.05, 0.1) is 12.0 Å². The summed E-state index contributed by atoms with van der Waals surface area (Å²) in [6.45, 7) is 4.96. The zero-order valence-electron chi connectivity index (χ0n) is 14.6. The Morgan fingerprint density at radius 2 is 1.88 bits per heavy atom. The van der Waals surface area contributed by atoms with Crippen LogP contribution in [0.25, 0.3) is 0 Å². The van der Waals surface area contributed by atoms with E-state index in [-0.39, 0.29) is 13.0 Å². The van der Waals surface area contributed by atoms with Crippen molar-refractivity contribution in [2.45, 2.75) is 57.8 Å². The van der Waals surface area contributed by atoms with Gasteiger partial charge in [0.25, 0.3) is 5.92 Å². The number of nitrogens with one attached hydrogen (secondary N) is 1. The Labute approximate surface area is 145 Å². The van der Waals surface area contributed by atoms with Crippen molar-refractivity contribution in [1.82, 2.24) is 5.32 Å². The third kappa shape index (κ3) is 5.69. The molecule has 0 aromatic heterocycles. The van der Waals surface area contributed by atoms with Gasteiger partial charge in [-0.05, 0) is 32.8 Å². The number of hydrogen-bond acceptors (Lipinski definition) is 4. The van der Waals surface area contributed by atoms with E-state index in [1.807, 2.05) is 6.07 Å². The predicted molar refractivity (Wildman–Crippen MR) is 87.1 cm³/mol. The number of halogens is 2. The molecule has 1 fully saturated rings. The lowest BCUT2D eigenvalue weighted by Gasteiger charge is -2.24.